The van der Waals surface area contributed by atoms with Gasteiger partial charge in [-0.15, -0.1) is 0 Å². The zero-order valence-corrected chi connectivity index (χ0v) is 10.5. The number of furan rings is 1. The largest absolute Gasteiger partial charge is 0.469 e. The van der Waals surface area contributed by atoms with Gasteiger partial charge in [-0.3, -0.25) is 9.59 Å². The van der Waals surface area contributed by atoms with Gasteiger partial charge in [-0.1, -0.05) is 0 Å². The molecule has 0 radical (unpaired) electrons. The maximum absolute atomic E-state index is 11.7. The molecule has 0 aromatic carbocycles. The second-order valence-electron chi connectivity index (χ2n) is 4.12. The Morgan fingerprint density at radius 1 is 1.24 bits per heavy atom. The van der Waals surface area contributed by atoms with E-state index < -0.39 is 0 Å². The molecule has 0 saturated carbocycles. The molecule has 2 amide bonds. The third-order valence-corrected chi connectivity index (χ3v) is 2.46. The molecule has 1 rings (SSSR count). The minimum atomic E-state index is -0.0844. The Morgan fingerprint density at radius 3 is 2.47 bits per heavy atom. The van der Waals surface area contributed by atoms with E-state index in [2.05, 4.69) is 0 Å². The summed E-state index contributed by atoms with van der Waals surface area (Å²) in [6.07, 6.45) is 2.50. The summed E-state index contributed by atoms with van der Waals surface area (Å²) < 4.78 is 5.14. The molecular weight excluding hydrogens is 220 g/mol. The molecule has 1 aromatic rings. The molecule has 0 bridgehead atoms. The lowest BCUT2D eigenvalue weighted by molar-refractivity contribution is -0.138. The molecule has 0 fully saturated rings. The SMILES string of the molecule is CN(C)C(=O)CN(C)C(=O)CCc1ccco1. The molecule has 1 heterocycles. The fraction of sp³-hybridized carbons (Fsp3) is 0.500. The summed E-state index contributed by atoms with van der Waals surface area (Å²) in [5.41, 5.74) is 0. The average molecular weight is 238 g/mol. The second-order valence-corrected chi connectivity index (χ2v) is 4.12. The Hall–Kier alpha value is -1.78. The summed E-state index contributed by atoms with van der Waals surface area (Å²) in [7, 11) is 4.97. The minimum Gasteiger partial charge on any atom is -0.469 e. The minimum absolute atomic E-state index is 0.0587. The summed E-state index contributed by atoms with van der Waals surface area (Å²) in [4.78, 5) is 26.0. The van der Waals surface area contributed by atoms with E-state index in [0.717, 1.165) is 5.76 Å². The Labute approximate surface area is 101 Å². The molecule has 17 heavy (non-hydrogen) atoms. The maximum Gasteiger partial charge on any atom is 0.241 e. The molecule has 0 aliphatic carbocycles. The van der Waals surface area contributed by atoms with Crippen molar-refractivity contribution in [2.24, 2.45) is 0 Å². The topological polar surface area (TPSA) is 53.8 Å². The van der Waals surface area contributed by atoms with Gasteiger partial charge in [0.15, 0.2) is 0 Å². The molecule has 0 atom stereocenters. The van der Waals surface area contributed by atoms with Crippen molar-refractivity contribution in [3.8, 4) is 0 Å². The summed E-state index contributed by atoms with van der Waals surface area (Å²) in [6, 6.07) is 3.62. The van der Waals surface area contributed by atoms with Crippen molar-refractivity contribution < 1.29 is 14.0 Å². The first kappa shape index (κ1) is 13.3. The Bertz CT molecular complexity index is 371. The van der Waals surface area contributed by atoms with Gasteiger partial charge >= 0.3 is 0 Å². The lowest BCUT2D eigenvalue weighted by Gasteiger charge is -2.18. The van der Waals surface area contributed by atoms with E-state index in [1.54, 1.807) is 33.5 Å². The highest BCUT2D eigenvalue weighted by Crippen LogP contribution is 2.05. The van der Waals surface area contributed by atoms with Gasteiger partial charge in [0, 0.05) is 34.0 Å². The van der Waals surface area contributed by atoms with Crippen LogP contribution in [-0.2, 0) is 16.0 Å². The third kappa shape index (κ3) is 4.30. The number of carbonyl (C=O) groups excluding carboxylic acids is 2. The van der Waals surface area contributed by atoms with Crippen molar-refractivity contribution in [3.05, 3.63) is 24.2 Å². The average Bonchev–Trinajstić information content (AvgIpc) is 2.78. The normalized spacial score (nSPS) is 10.1. The van der Waals surface area contributed by atoms with E-state index in [1.807, 2.05) is 6.07 Å². The Morgan fingerprint density at radius 2 is 1.94 bits per heavy atom. The lowest BCUT2D eigenvalue weighted by Crippen LogP contribution is -2.37. The van der Waals surface area contributed by atoms with E-state index in [0.29, 0.717) is 12.8 Å². The number of hydrogen-bond donors (Lipinski definition) is 0. The zero-order chi connectivity index (χ0) is 12.8. The van der Waals surface area contributed by atoms with Crippen LogP contribution in [0.3, 0.4) is 0 Å². The molecule has 0 spiro atoms. The van der Waals surface area contributed by atoms with E-state index in [1.165, 1.54) is 9.80 Å². The number of likely N-dealkylation sites (N-methyl/N-ethyl adjacent to an activating group) is 2. The van der Waals surface area contributed by atoms with Crippen molar-refractivity contribution in [1.82, 2.24) is 9.80 Å². The van der Waals surface area contributed by atoms with Crippen LogP contribution >= 0.6 is 0 Å². The number of rotatable bonds is 5. The van der Waals surface area contributed by atoms with Gasteiger partial charge in [-0.05, 0) is 12.1 Å². The first-order chi connectivity index (χ1) is 8.00. The number of amides is 2. The van der Waals surface area contributed by atoms with Gasteiger partial charge in [0.2, 0.25) is 11.8 Å². The van der Waals surface area contributed by atoms with Crippen LogP contribution in [0.1, 0.15) is 12.2 Å². The van der Waals surface area contributed by atoms with Crippen LogP contribution in [0.25, 0.3) is 0 Å². The molecule has 0 aliphatic heterocycles. The zero-order valence-electron chi connectivity index (χ0n) is 10.5. The van der Waals surface area contributed by atoms with Gasteiger partial charge < -0.3 is 14.2 Å². The highest BCUT2D eigenvalue weighted by atomic mass is 16.3. The van der Waals surface area contributed by atoms with Crippen molar-refractivity contribution in [2.75, 3.05) is 27.7 Å². The van der Waals surface area contributed by atoms with Crippen LogP contribution in [-0.4, -0.2) is 49.3 Å². The first-order valence-corrected chi connectivity index (χ1v) is 5.47. The van der Waals surface area contributed by atoms with Crippen molar-refractivity contribution in [2.45, 2.75) is 12.8 Å². The smallest absolute Gasteiger partial charge is 0.241 e. The van der Waals surface area contributed by atoms with Crippen LogP contribution < -0.4 is 0 Å². The standard InChI is InChI=1S/C12H18N2O3/c1-13(2)12(16)9-14(3)11(15)7-6-10-5-4-8-17-10/h4-5,8H,6-7,9H2,1-3H3. The molecule has 0 aliphatic rings. The monoisotopic (exact) mass is 238 g/mol. The van der Waals surface area contributed by atoms with Gasteiger partial charge in [-0.25, -0.2) is 0 Å². The molecule has 0 saturated heterocycles. The molecule has 1 aromatic heterocycles. The molecule has 5 nitrogen and oxygen atoms in total. The van der Waals surface area contributed by atoms with Crippen molar-refractivity contribution >= 4 is 11.8 Å². The number of nitrogens with zero attached hydrogens (tertiary/aromatic N) is 2. The maximum atomic E-state index is 11.7. The summed E-state index contributed by atoms with van der Waals surface area (Å²) in [6.45, 7) is 0.115. The van der Waals surface area contributed by atoms with Gasteiger partial charge in [-0.2, -0.15) is 0 Å². The van der Waals surface area contributed by atoms with E-state index >= 15 is 0 Å². The molecule has 94 valence electrons. The van der Waals surface area contributed by atoms with Gasteiger partial charge in [0.1, 0.15) is 5.76 Å². The molecule has 5 heteroatoms. The quantitative estimate of drug-likeness (QED) is 0.761. The van der Waals surface area contributed by atoms with Crippen LogP contribution in [0.4, 0.5) is 0 Å². The fourth-order valence-electron chi connectivity index (χ4n) is 1.31. The Kier molecular flexibility index (Phi) is 4.75. The summed E-state index contributed by atoms with van der Waals surface area (Å²) in [5, 5.41) is 0. The predicted octanol–water partition coefficient (Wildman–Crippen LogP) is 0.759. The highest BCUT2D eigenvalue weighted by Gasteiger charge is 2.14. The lowest BCUT2D eigenvalue weighted by atomic mass is 10.2. The van der Waals surface area contributed by atoms with Crippen LogP contribution in [0.15, 0.2) is 22.8 Å². The van der Waals surface area contributed by atoms with Gasteiger partial charge in [0.05, 0.1) is 12.8 Å². The number of carbonyl (C=O) groups is 2. The Balaban J connectivity index is 2.34. The van der Waals surface area contributed by atoms with Crippen LogP contribution in [0, 0.1) is 0 Å². The highest BCUT2D eigenvalue weighted by molar-refractivity contribution is 5.84. The van der Waals surface area contributed by atoms with E-state index in [9.17, 15) is 9.59 Å². The molecule has 0 N–H and O–H groups in total. The third-order valence-electron chi connectivity index (χ3n) is 2.46. The summed E-state index contributed by atoms with van der Waals surface area (Å²) >= 11 is 0. The van der Waals surface area contributed by atoms with Gasteiger partial charge in [0.25, 0.3) is 0 Å². The molecular formula is C12H18N2O3. The first-order valence-electron chi connectivity index (χ1n) is 5.47. The second kappa shape index (κ2) is 6.08. The number of aryl methyl sites for hydroxylation is 1. The van der Waals surface area contributed by atoms with E-state index in [-0.39, 0.29) is 18.4 Å². The van der Waals surface area contributed by atoms with Crippen LogP contribution in [0.5, 0.6) is 0 Å². The predicted molar refractivity (Wildman–Crippen MR) is 63.4 cm³/mol. The van der Waals surface area contributed by atoms with E-state index in [4.69, 9.17) is 4.42 Å². The fourth-order valence-corrected chi connectivity index (χ4v) is 1.31. The summed E-state index contributed by atoms with van der Waals surface area (Å²) in [5.74, 6) is 0.640. The van der Waals surface area contributed by atoms with Crippen molar-refractivity contribution in [3.63, 3.8) is 0 Å². The van der Waals surface area contributed by atoms with Crippen molar-refractivity contribution in [1.29, 1.82) is 0 Å². The van der Waals surface area contributed by atoms with Crippen LogP contribution in [0.2, 0.25) is 0 Å². The number of hydrogen-bond acceptors (Lipinski definition) is 3. The molecule has 0 unspecified atom stereocenters.